The van der Waals surface area contributed by atoms with Gasteiger partial charge in [-0.05, 0) is 19.8 Å². The molecule has 1 atom stereocenters. The molecule has 1 aliphatic heterocycles. The van der Waals surface area contributed by atoms with Crippen LogP contribution in [-0.4, -0.2) is 36.9 Å². The van der Waals surface area contributed by atoms with Gasteiger partial charge in [0.1, 0.15) is 0 Å². The normalized spacial score (nSPS) is 22.7. The molecule has 0 bridgehead atoms. The third-order valence-electron chi connectivity index (χ3n) is 2.41. The summed E-state index contributed by atoms with van der Waals surface area (Å²) in [6.45, 7) is 1.89. The third-order valence-corrected chi connectivity index (χ3v) is 2.41. The zero-order valence-electron chi connectivity index (χ0n) is 8.51. The maximum atomic E-state index is 12.4. The number of amides is 1. The Morgan fingerprint density at radius 2 is 2.20 bits per heavy atom. The van der Waals surface area contributed by atoms with E-state index in [-0.39, 0.29) is 19.6 Å². The first kappa shape index (κ1) is 12.1. The number of piperidine rings is 1. The molecule has 15 heavy (non-hydrogen) atoms. The van der Waals surface area contributed by atoms with Gasteiger partial charge in [-0.2, -0.15) is 13.2 Å². The lowest BCUT2D eigenvalue weighted by Crippen LogP contribution is -2.44. The highest BCUT2D eigenvalue weighted by atomic mass is 19.4. The second kappa shape index (κ2) is 4.72. The average molecular weight is 225 g/mol. The number of alkyl halides is 3. The second-order valence-corrected chi connectivity index (χ2v) is 3.53. The van der Waals surface area contributed by atoms with Crippen molar-refractivity contribution in [1.82, 2.24) is 4.90 Å². The third kappa shape index (κ3) is 3.28. The fraction of sp³-hybridized carbons (Fsp3) is 0.889. The van der Waals surface area contributed by atoms with E-state index in [1.54, 1.807) is 6.92 Å². The molecule has 0 aliphatic carbocycles. The fourth-order valence-electron chi connectivity index (χ4n) is 1.62. The van der Waals surface area contributed by atoms with Crippen LogP contribution < -0.4 is 0 Å². The zero-order chi connectivity index (χ0) is 11.5. The quantitative estimate of drug-likeness (QED) is 0.685. The van der Waals surface area contributed by atoms with Crippen LogP contribution in [0.25, 0.3) is 0 Å². The van der Waals surface area contributed by atoms with Gasteiger partial charge in [0, 0.05) is 13.1 Å². The molecule has 1 fully saturated rings. The summed E-state index contributed by atoms with van der Waals surface area (Å²) in [6.07, 6.45) is -4.39. The summed E-state index contributed by atoms with van der Waals surface area (Å²) in [5.41, 5.74) is 0. The number of hydrogen-bond donors (Lipinski definition) is 0. The molecule has 0 radical (unpaired) electrons. The number of nitrogens with zero attached hydrogens (tertiary/aromatic N) is 1. The smallest absolute Gasteiger partial charge is 0.409 e. The van der Waals surface area contributed by atoms with Gasteiger partial charge in [0.25, 0.3) is 0 Å². The molecule has 3 nitrogen and oxygen atoms in total. The van der Waals surface area contributed by atoms with Crippen molar-refractivity contribution < 1.29 is 22.7 Å². The number of ether oxygens (including phenoxy) is 1. The first-order valence-corrected chi connectivity index (χ1v) is 4.93. The first-order chi connectivity index (χ1) is 6.95. The molecule has 0 aromatic carbocycles. The van der Waals surface area contributed by atoms with Crippen molar-refractivity contribution in [2.24, 2.45) is 5.92 Å². The van der Waals surface area contributed by atoms with Crippen molar-refractivity contribution >= 4 is 6.09 Å². The van der Waals surface area contributed by atoms with Crippen LogP contribution >= 0.6 is 0 Å². The highest BCUT2D eigenvalue weighted by molar-refractivity contribution is 5.67. The molecule has 0 aromatic heterocycles. The zero-order valence-corrected chi connectivity index (χ0v) is 8.51. The van der Waals surface area contributed by atoms with Crippen LogP contribution in [0.4, 0.5) is 18.0 Å². The van der Waals surface area contributed by atoms with Gasteiger partial charge in [0.05, 0.1) is 12.5 Å². The second-order valence-electron chi connectivity index (χ2n) is 3.53. The van der Waals surface area contributed by atoms with Crippen molar-refractivity contribution in [2.45, 2.75) is 25.9 Å². The van der Waals surface area contributed by atoms with Crippen LogP contribution in [0.1, 0.15) is 19.8 Å². The van der Waals surface area contributed by atoms with E-state index >= 15 is 0 Å². The molecule has 0 aromatic rings. The molecule has 1 unspecified atom stereocenters. The molecule has 0 N–H and O–H groups in total. The van der Waals surface area contributed by atoms with Gasteiger partial charge in [0.2, 0.25) is 0 Å². The van der Waals surface area contributed by atoms with Gasteiger partial charge in [-0.1, -0.05) is 0 Å². The van der Waals surface area contributed by atoms with Crippen LogP contribution in [0.5, 0.6) is 0 Å². The Kier molecular flexibility index (Phi) is 3.82. The van der Waals surface area contributed by atoms with Gasteiger partial charge in [-0.15, -0.1) is 0 Å². The van der Waals surface area contributed by atoms with Crippen molar-refractivity contribution in [3.05, 3.63) is 0 Å². The van der Waals surface area contributed by atoms with Crippen molar-refractivity contribution in [3.63, 3.8) is 0 Å². The largest absolute Gasteiger partial charge is 0.450 e. The lowest BCUT2D eigenvalue weighted by molar-refractivity contribution is -0.184. The Morgan fingerprint density at radius 3 is 2.73 bits per heavy atom. The number of rotatable bonds is 1. The SMILES string of the molecule is CCOC(=O)N1CCCC(C(F)(F)F)C1. The maximum absolute atomic E-state index is 12.4. The van der Waals surface area contributed by atoms with E-state index in [1.165, 1.54) is 0 Å². The minimum absolute atomic E-state index is 0.0966. The van der Waals surface area contributed by atoms with E-state index in [2.05, 4.69) is 4.74 Å². The molecule has 0 spiro atoms. The first-order valence-electron chi connectivity index (χ1n) is 4.93. The number of likely N-dealkylation sites (tertiary alicyclic amines) is 1. The highest BCUT2D eigenvalue weighted by Gasteiger charge is 2.42. The average Bonchev–Trinajstić information content (AvgIpc) is 2.17. The van der Waals surface area contributed by atoms with Crippen molar-refractivity contribution in [3.8, 4) is 0 Å². The highest BCUT2D eigenvalue weighted by Crippen LogP contribution is 2.33. The van der Waals surface area contributed by atoms with E-state index in [9.17, 15) is 18.0 Å². The van der Waals surface area contributed by atoms with E-state index < -0.39 is 18.2 Å². The molecule has 1 rings (SSSR count). The van der Waals surface area contributed by atoms with Gasteiger partial charge in [-0.25, -0.2) is 4.79 Å². The van der Waals surface area contributed by atoms with Crippen LogP contribution in [0.15, 0.2) is 0 Å². The standard InChI is InChI=1S/C9H14F3NO2/c1-2-15-8(14)13-5-3-4-7(6-13)9(10,11)12/h7H,2-6H2,1H3. The molecular formula is C9H14F3NO2. The Bertz CT molecular complexity index is 230. The minimum atomic E-state index is -4.22. The lowest BCUT2D eigenvalue weighted by atomic mass is 9.98. The summed E-state index contributed by atoms with van der Waals surface area (Å²) in [7, 11) is 0. The van der Waals surface area contributed by atoms with Crippen LogP contribution in [0.2, 0.25) is 0 Å². The van der Waals surface area contributed by atoms with Crippen molar-refractivity contribution in [1.29, 1.82) is 0 Å². The lowest BCUT2D eigenvalue weighted by Gasteiger charge is -2.32. The van der Waals surface area contributed by atoms with Gasteiger partial charge < -0.3 is 9.64 Å². The monoisotopic (exact) mass is 225 g/mol. The summed E-state index contributed by atoms with van der Waals surface area (Å²) in [5, 5.41) is 0. The van der Waals surface area contributed by atoms with E-state index in [0.29, 0.717) is 13.0 Å². The summed E-state index contributed by atoms with van der Waals surface area (Å²) >= 11 is 0. The predicted molar refractivity (Wildman–Crippen MR) is 47.4 cm³/mol. The van der Waals surface area contributed by atoms with Crippen molar-refractivity contribution in [2.75, 3.05) is 19.7 Å². The van der Waals surface area contributed by atoms with Gasteiger partial charge in [-0.3, -0.25) is 0 Å². The van der Waals surface area contributed by atoms with Gasteiger partial charge >= 0.3 is 12.3 Å². The Labute approximate surface area is 86.2 Å². The van der Waals surface area contributed by atoms with Crippen LogP contribution in [0, 0.1) is 5.92 Å². The Balaban J connectivity index is 2.52. The number of halogens is 3. The van der Waals surface area contributed by atoms with E-state index in [0.717, 1.165) is 4.90 Å². The number of carbonyl (C=O) groups excluding carboxylic acids is 1. The summed E-state index contributed by atoms with van der Waals surface area (Å²) < 4.78 is 41.8. The summed E-state index contributed by atoms with van der Waals surface area (Å²) in [6, 6.07) is 0. The predicted octanol–water partition coefficient (Wildman–Crippen LogP) is 2.42. The van der Waals surface area contributed by atoms with Gasteiger partial charge in [0.15, 0.2) is 0 Å². The van der Waals surface area contributed by atoms with Crippen LogP contribution in [-0.2, 0) is 4.74 Å². The Morgan fingerprint density at radius 1 is 1.53 bits per heavy atom. The summed E-state index contributed by atoms with van der Waals surface area (Å²) in [4.78, 5) is 12.3. The fourth-order valence-corrected chi connectivity index (χ4v) is 1.62. The molecule has 1 saturated heterocycles. The molecule has 1 heterocycles. The maximum Gasteiger partial charge on any atom is 0.409 e. The van der Waals surface area contributed by atoms with E-state index in [1.807, 2.05) is 0 Å². The minimum Gasteiger partial charge on any atom is -0.450 e. The molecule has 88 valence electrons. The van der Waals surface area contributed by atoms with Crippen LogP contribution in [0.3, 0.4) is 0 Å². The topological polar surface area (TPSA) is 29.5 Å². The number of carbonyl (C=O) groups is 1. The molecule has 1 amide bonds. The molecule has 6 heteroatoms. The molecular weight excluding hydrogens is 211 g/mol. The number of hydrogen-bond acceptors (Lipinski definition) is 2. The molecule has 0 saturated carbocycles. The Hall–Kier alpha value is -0.940. The van der Waals surface area contributed by atoms with E-state index in [4.69, 9.17) is 0 Å². The molecule has 1 aliphatic rings. The summed E-state index contributed by atoms with van der Waals surface area (Å²) in [5.74, 6) is -1.41.